The lowest BCUT2D eigenvalue weighted by atomic mass is 9.93. The number of rotatable bonds is 5. The largest absolute Gasteiger partial charge is 0.496 e. The van der Waals surface area contributed by atoms with Crippen LogP contribution in [0.2, 0.25) is 0 Å². The summed E-state index contributed by atoms with van der Waals surface area (Å²) in [5.41, 5.74) is 4.76. The molecule has 0 aliphatic carbocycles. The molecule has 1 fully saturated rings. The van der Waals surface area contributed by atoms with Crippen LogP contribution in [0.15, 0.2) is 50.9 Å². The maximum absolute atomic E-state index is 13.5. The minimum Gasteiger partial charge on any atom is -0.496 e. The fourth-order valence-electron chi connectivity index (χ4n) is 5.70. The monoisotopic (exact) mass is 537 g/mol. The third kappa shape index (κ3) is 4.56. The lowest BCUT2D eigenvalue weighted by molar-refractivity contribution is -0.428. The van der Waals surface area contributed by atoms with E-state index in [9.17, 15) is 13.2 Å². The van der Waals surface area contributed by atoms with Gasteiger partial charge in [-0.1, -0.05) is 22.3 Å². The first-order valence-electron chi connectivity index (χ1n) is 12.9. The molecule has 0 spiro atoms. The summed E-state index contributed by atoms with van der Waals surface area (Å²) in [5.74, 6) is 2.31. The Balaban J connectivity index is 1.50. The molecule has 1 aromatic heterocycles. The molecule has 4 heterocycles. The zero-order valence-electron chi connectivity index (χ0n) is 21.9. The third-order valence-corrected chi connectivity index (χ3v) is 7.55. The highest BCUT2D eigenvalue weighted by Gasteiger charge is 2.44. The van der Waals surface area contributed by atoms with Crippen LogP contribution in [0.5, 0.6) is 5.75 Å². The Morgan fingerprint density at radius 1 is 1.08 bits per heavy atom. The van der Waals surface area contributed by atoms with Crippen molar-refractivity contribution in [1.29, 1.82) is 0 Å². The number of aromatic nitrogens is 1. The van der Waals surface area contributed by atoms with Crippen LogP contribution in [0.3, 0.4) is 0 Å². The van der Waals surface area contributed by atoms with Crippen molar-refractivity contribution < 1.29 is 31.7 Å². The first kappa shape index (κ1) is 25.5. The summed E-state index contributed by atoms with van der Waals surface area (Å²) in [6.07, 6.45) is -1.00. The number of amidine groups is 1. The standard InChI is InChI=1S/C29H28F3N4O3/c1-16-26(17(2)39-35-16)22-12-23-21(13-25(22)37-3)27-24(14-33-23)34-28(19-7-9-38-10-8-19)36(27)15-18-5-4-6-20(11-18)29(30,31)32/h4-6,11-14,19,24H,7-10,15H2,1-3H3/q+1. The van der Waals surface area contributed by atoms with Crippen LogP contribution in [0.25, 0.3) is 11.1 Å². The van der Waals surface area contributed by atoms with Gasteiger partial charge in [0.05, 0.1) is 47.3 Å². The van der Waals surface area contributed by atoms with Crippen molar-refractivity contribution in [2.45, 2.75) is 45.5 Å². The maximum Gasteiger partial charge on any atom is 0.416 e. The molecule has 7 nitrogen and oxygen atoms in total. The van der Waals surface area contributed by atoms with Crippen LogP contribution in [0.1, 0.15) is 41.0 Å². The molecule has 3 aliphatic rings. The summed E-state index contributed by atoms with van der Waals surface area (Å²) >= 11 is 0. The van der Waals surface area contributed by atoms with Gasteiger partial charge >= 0.3 is 6.18 Å². The van der Waals surface area contributed by atoms with Crippen molar-refractivity contribution >= 4 is 23.4 Å². The summed E-state index contributed by atoms with van der Waals surface area (Å²) in [6.45, 7) is 5.23. The van der Waals surface area contributed by atoms with E-state index >= 15 is 0 Å². The Morgan fingerprint density at radius 3 is 2.56 bits per heavy atom. The second-order valence-electron chi connectivity index (χ2n) is 10.0. The molecular formula is C29H28F3N4O3+. The summed E-state index contributed by atoms with van der Waals surface area (Å²) in [5, 5.41) is 4.09. The van der Waals surface area contributed by atoms with Gasteiger partial charge in [-0.2, -0.15) is 13.2 Å². The van der Waals surface area contributed by atoms with E-state index < -0.39 is 11.7 Å². The zero-order chi connectivity index (χ0) is 27.3. The van der Waals surface area contributed by atoms with Crippen molar-refractivity contribution in [3.63, 3.8) is 0 Å². The molecule has 0 saturated carbocycles. The second kappa shape index (κ2) is 9.75. The molecule has 1 saturated heterocycles. The van der Waals surface area contributed by atoms with Crippen molar-refractivity contribution in [3.05, 3.63) is 64.5 Å². The van der Waals surface area contributed by atoms with Gasteiger partial charge in [-0.05, 0) is 56.5 Å². The molecule has 1 atom stereocenters. The number of aliphatic imine (C=N–C) groups is 2. The number of aryl methyl sites for hydroxylation is 2. The summed E-state index contributed by atoms with van der Waals surface area (Å²) in [7, 11) is 1.61. The number of hydrogen-bond acceptors (Lipinski definition) is 6. The summed E-state index contributed by atoms with van der Waals surface area (Å²) < 4.78 is 59.4. The molecule has 3 aromatic rings. The van der Waals surface area contributed by atoms with Gasteiger partial charge in [0.25, 0.3) is 5.84 Å². The molecule has 1 unspecified atom stereocenters. The van der Waals surface area contributed by atoms with Crippen LogP contribution in [0.4, 0.5) is 18.9 Å². The Kier molecular flexibility index (Phi) is 6.37. The fraction of sp³-hybridized carbons (Fsp3) is 0.379. The SMILES string of the molecule is COc1cc2c(cc1-c1c(C)noc1C)N=CC1N=C(C3CCOCC3)[N+](Cc3cccc(C(F)(F)F)c3)=C21. The molecular weight excluding hydrogens is 509 g/mol. The van der Waals surface area contributed by atoms with Gasteiger partial charge in [-0.15, -0.1) is 0 Å². The lowest BCUT2D eigenvalue weighted by Crippen LogP contribution is -2.34. The highest BCUT2D eigenvalue weighted by atomic mass is 19.4. The molecule has 0 bridgehead atoms. The van der Waals surface area contributed by atoms with Crippen LogP contribution in [-0.4, -0.2) is 53.9 Å². The minimum atomic E-state index is -4.42. The molecule has 0 radical (unpaired) electrons. The van der Waals surface area contributed by atoms with E-state index in [2.05, 4.69) is 9.73 Å². The van der Waals surface area contributed by atoms with Gasteiger partial charge in [0, 0.05) is 18.8 Å². The van der Waals surface area contributed by atoms with E-state index in [0.29, 0.717) is 30.3 Å². The van der Waals surface area contributed by atoms with Gasteiger partial charge in [-0.3, -0.25) is 4.99 Å². The number of ether oxygens (including phenoxy) is 2. The van der Waals surface area contributed by atoms with E-state index in [1.165, 1.54) is 12.1 Å². The smallest absolute Gasteiger partial charge is 0.416 e. The van der Waals surface area contributed by atoms with Crippen LogP contribution in [0, 0.1) is 19.8 Å². The molecule has 2 aromatic carbocycles. The second-order valence-corrected chi connectivity index (χ2v) is 10.0. The molecule has 3 aliphatic heterocycles. The average Bonchev–Trinajstić information content (AvgIpc) is 3.47. The predicted molar refractivity (Wildman–Crippen MR) is 140 cm³/mol. The first-order valence-corrected chi connectivity index (χ1v) is 12.9. The first-order chi connectivity index (χ1) is 18.7. The molecule has 6 rings (SSSR count). The Labute approximate surface area is 223 Å². The lowest BCUT2D eigenvalue weighted by Gasteiger charge is -2.21. The number of halogens is 3. The number of alkyl halides is 3. The highest BCUT2D eigenvalue weighted by molar-refractivity contribution is 6.20. The summed E-state index contributed by atoms with van der Waals surface area (Å²) in [6, 6.07) is 9.05. The average molecular weight is 538 g/mol. The van der Waals surface area contributed by atoms with Gasteiger partial charge in [-0.25, -0.2) is 4.58 Å². The molecule has 0 amide bonds. The fourth-order valence-corrected chi connectivity index (χ4v) is 5.70. The van der Waals surface area contributed by atoms with Crippen molar-refractivity contribution in [3.8, 4) is 16.9 Å². The van der Waals surface area contributed by atoms with Crippen molar-refractivity contribution in [2.75, 3.05) is 20.3 Å². The van der Waals surface area contributed by atoms with Crippen LogP contribution in [-0.2, 0) is 17.5 Å². The van der Waals surface area contributed by atoms with Gasteiger partial charge in [0.2, 0.25) is 6.04 Å². The predicted octanol–water partition coefficient (Wildman–Crippen LogP) is 5.91. The van der Waals surface area contributed by atoms with Crippen LogP contribution < -0.4 is 4.74 Å². The Morgan fingerprint density at radius 2 is 1.87 bits per heavy atom. The molecule has 202 valence electrons. The topological polar surface area (TPSA) is 72.2 Å². The van der Waals surface area contributed by atoms with E-state index in [1.807, 2.05) is 32.2 Å². The van der Waals surface area contributed by atoms with E-state index in [-0.39, 0.29) is 18.5 Å². The number of fused-ring (bicyclic) bond motifs is 3. The number of benzene rings is 2. The van der Waals surface area contributed by atoms with Crippen molar-refractivity contribution in [2.24, 2.45) is 15.9 Å². The Bertz CT molecular complexity index is 1510. The van der Waals surface area contributed by atoms with Gasteiger partial charge in [0.15, 0.2) is 5.71 Å². The normalized spacial score (nSPS) is 19.2. The highest BCUT2D eigenvalue weighted by Crippen LogP contribution is 2.42. The third-order valence-electron chi connectivity index (χ3n) is 7.55. The molecule has 10 heteroatoms. The Hall–Kier alpha value is -3.79. The van der Waals surface area contributed by atoms with Gasteiger partial charge in [0.1, 0.15) is 18.1 Å². The summed E-state index contributed by atoms with van der Waals surface area (Å²) in [4.78, 5) is 9.80. The van der Waals surface area contributed by atoms with Crippen molar-refractivity contribution in [1.82, 2.24) is 5.16 Å². The van der Waals surface area contributed by atoms with E-state index in [1.54, 1.807) is 13.2 Å². The molecule has 0 N–H and O–H groups in total. The minimum absolute atomic E-state index is 0.142. The zero-order valence-corrected chi connectivity index (χ0v) is 21.9. The van der Waals surface area contributed by atoms with E-state index in [0.717, 1.165) is 58.5 Å². The number of methoxy groups -OCH3 is 1. The van der Waals surface area contributed by atoms with Crippen LogP contribution >= 0.6 is 0 Å². The maximum atomic E-state index is 13.5. The number of nitrogens with zero attached hydrogens (tertiary/aromatic N) is 4. The quantitative estimate of drug-likeness (QED) is 0.380. The van der Waals surface area contributed by atoms with Gasteiger partial charge < -0.3 is 14.0 Å². The molecule has 39 heavy (non-hydrogen) atoms. The van der Waals surface area contributed by atoms with E-state index in [4.69, 9.17) is 24.0 Å². The number of hydrogen-bond donors (Lipinski definition) is 0.